The molecule has 0 aliphatic heterocycles. The normalized spacial score (nSPS) is 10.7. The van der Waals surface area contributed by atoms with Gasteiger partial charge in [-0.3, -0.25) is 9.59 Å². The summed E-state index contributed by atoms with van der Waals surface area (Å²) in [6.07, 6.45) is 1.29. The van der Waals surface area contributed by atoms with Gasteiger partial charge in [0.2, 0.25) is 5.91 Å². The van der Waals surface area contributed by atoms with E-state index in [9.17, 15) is 9.59 Å². The topological polar surface area (TPSA) is 71.3 Å². The van der Waals surface area contributed by atoms with Gasteiger partial charge < -0.3 is 15.1 Å². The summed E-state index contributed by atoms with van der Waals surface area (Å²) < 4.78 is 6.52. The Hall–Kier alpha value is -2.60. The van der Waals surface area contributed by atoms with E-state index in [1.165, 1.54) is 0 Å². The number of benzene rings is 2. The van der Waals surface area contributed by atoms with Crippen molar-refractivity contribution in [2.24, 2.45) is 0 Å². The molecule has 2 amide bonds. The van der Waals surface area contributed by atoms with Crippen LogP contribution in [0.5, 0.6) is 0 Å². The average Bonchev–Trinajstić information content (AvgIpc) is 3.03. The van der Waals surface area contributed by atoms with Gasteiger partial charge in [-0.15, -0.1) is 0 Å². The number of nitrogens with one attached hydrogen (secondary N) is 2. The molecule has 0 atom stereocenters. The summed E-state index contributed by atoms with van der Waals surface area (Å²) in [5, 5.41) is 6.56. The second-order valence-corrected chi connectivity index (χ2v) is 6.89. The van der Waals surface area contributed by atoms with Crippen LogP contribution in [-0.4, -0.2) is 11.8 Å². The Morgan fingerprint density at radius 3 is 2.77 bits per heavy atom. The Kier molecular flexibility index (Phi) is 5.73. The van der Waals surface area contributed by atoms with Crippen molar-refractivity contribution in [3.05, 3.63) is 64.3 Å². The molecular formula is C20H19BrN2O3. The van der Waals surface area contributed by atoms with Crippen molar-refractivity contribution in [1.29, 1.82) is 0 Å². The molecule has 0 bridgehead atoms. The molecule has 1 aromatic heterocycles. The van der Waals surface area contributed by atoms with E-state index < -0.39 is 0 Å². The molecule has 0 spiro atoms. The molecule has 0 radical (unpaired) electrons. The van der Waals surface area contributed by atoms with Gasteiger partial charge in [-0.1, -0.05) is 35.0 Å². The summed E-state index contributed by atoms with van der Waals surface area (Å²) in [4.78, 5) is 24.0. The third-order valence-electron chi connectivity index (χ3n) is 3.84. The molecule has 2 N–H and O–H groups in total. The number of anilines is 1. The van der Waals surface area contributed by atoms with Gasteiger partial charge in [-0.2, -0.15) is 0 Å². The standard InChI is InChI=1S/C20H19BrN2O3/c1-2-4-19(24)23-16-6-3-5-13(9-16)12-22-20(25)18-11-14-10-15(21)7-8-17(14)26-18/h3,5-11H,2,4,12H2,1H3,(H,22,25)(H,23,24). The minimum atomic E-state index is -0.280. The molecule has 0 saturated carbocycles. The monoisotopic (exact) mass is 414 g/mol. The van der Waals surface area contributed by atoms with Gasteiger partial charge in [0.15, 0.2) is 5.76 Å². The minimum Gasteiger partial charge on any atom is -0.451 e. The third kappa shape index (κ3) is 4.52. The molecule has 0 aliphatic carbocycles. The lowest BCUT2D eigenvalue weighted by Crippen LogP contribution is -2.22. The van der Waals surface area contributed by atoms with Crippen LogP contribution in [0.25, 0.3) is 11.0 Å². The maximum atomic E-state index is 12.3. The van der Waals surface area contributed by atoms with Crippen LogP contribution in [0.15, 0.2) is 57.4 Å². The molecule has 0 aliphatic rings. The van der Waals surface area contributed by atoms with E-state index in [-0.39, 0.29) is 17.6 Å². The molecule has 2 aromatic carbocycles. The van der Waals surface area contributed by atoms with Crippen LogP contribution >= 0.6 is 15.9 Å². The Morgan fingerprint density at radius 2 is 1.96 bits per heavy atom. The van der Waals surface area contributed by atoms with Gasteiger partial charge in [-0.05, 0) is 48.4 Å². The lowest BCUT2D eigenvalue weighted by Gasteiger charge is -2.08. The van der Waals surface area contributed by atoms with Crippen molar-refractivity contribution >= 4 is 44.4 Å². The molecule has 134 valence electrons. The maximum Gasteiger partial charge on any atom is 0.287 e. The zero-order chi connectivity index (χ0) is 18.5. The minimum absolute atomic E-state index is 0.0119. The number of rotatable bonds is 6. The fourth-order valence-corrected chi connectivity index (χ4v) is 2.98. The summed E-state index contributed by atoms with van der Waals surface area (Å²) >= 11 is 3.40. The molecular weight excluding hydrogens is 396 g/mol. The first-order valence-corrected chi connectivity index (χ1v) is 9.20. The van der Waals surface area contributed by atoms with Crippen LogP contribution in [0, 0.1) is 0 Å². The zero-order valence-electron chi connectivity index (χ0n) is 14.3. The first-order chi connectivity index (χ1) is 12.5. The van der Waals surface area contributed by atoms with Crippen molar-refractivity contribution < 1.29 is 14.0 Å². The highest BCUT2D eigenvalue weighted by Crippen LogP contribution is 2.23. The van der Waals surface area contributed by atoms with Crippen molar-refractivity contribution in [1.82, 2.24) is 5.32 Å². The molecule has 0 fully saturated rings. The number of amides is 2. The predicted octanol–water partition coefficient (Wildman–Crippen LogP) is 4.86. The number of carbonyl (C=O) groups excluding carboxylic acids is 2. The lowest BCUT2D eigenvalue weighted by atomic mass is 10.2. The summed E-state index contributed by atoms with van der Waals surface area (Å²) in [7, 11) is 0. The van der Waals surface area contributed by atoms with Crippen molar-refractivity contribution in [3.8, 4) is 0 Å². The van der Waals surface area contributed by atoms with E-state index >= 15 is 0 Å². The lowest BCUT2D eigenvalue weighted by molar-refractivity contribution is -0.116. The van der Waals surface area contributed by atoms with Crippen LogP contribution < -0.4 is 10.6 Å². The van der Waals surface area contributed by atoms with Crippen molar-refractivity contribution in [3.63, 3.8) is 0 Å². The van der Waals surface area contributed by atoms with Crippen LogP contribution in [0.2, 0.25) is 0 Å². The van der Waals surface area contributed by atoms with Crippen molar-refractivity contribution in [2.75, 3.05) is 5.32 Å². The second kappa shape index (κ2) is 8.19. The SMILES string of the molecule is CCCC(=O)Nc1cccc(CNC(=O)c2cc3cc(Br)ccc3o2)c1. The van der Waals surface area contributed by atoms with Gasteiger partial charge in [-0.25, -0.2) is 0 Å². The van der Waals surface area contributed by atoms with Gasteiger partial charge in [0.1, 0.15) is 5.58 Å². The Balaban J connectivity index is 1.64. The van der Waals surface area contributed by atoms with E-state index in [1.807, 2.05) is 49.4 Å². The third-order valence-corrected chi connectivity index (χ3v) is 4.34. The van der Waals surface area contributed by atoms with Crippen LogP contribution in [0.4, 0.5) is 5.69 Å². The summed E-state index contributed by atoms with van der Waals surface area (Å²) in [5.41, 5.74) is 2.29. The largest absolute Gasteiger partial charge is 0.451 e. The predicted molar refractivity (Wildman–Crippen MR) is 105 cm³/mol. The van der Waals surface area contributed by atoms with E-state index in [0.717, 1.165) is 27.5 Å². The second-order valence-electron chi connectivity index (χ2n) is 5.97. The fraction of sp³-hybridized carbons (Fsp3) is 0.200. The molecule has 0 unspecified atom stereocenters. The van der Waals surface area contributed by atoms with Crippen LogP contribution in [-0.2, 0) is 11.3 Å². The number of fused-ring (bicyclic) bond motifs is 1. The van der Waals surface area contributed by atoms with Gasteiger partial charge in [0.25, 0.3) is 5.91 Å². The number of carbonyl (C=O) groups is 2. The van der Waals surface area contributed by atoms with Crippen LogP contribution in [0.1, 0.15) is 35.9 Å². The molecule has 0 saturated heterocycles. The first-order valence-electron chi connectivity index (χ1n) is 8.41. The van der Waals surface area contributed by atoms with E-state index in [4.69, 9.17) is 4.42 Å². The quantitative estimate of drug-likeness (QED) is 0.604. The highest BCUT2D eigenvalue weighted by Gasteiger charge is 2.12. The molecule has 3 rings (SSSR count). The molecule has 1 heterocycles. The fourth-order valence-electron chi connectivity index (χ4n) is 2.61. The first kappa shape index (κ1) is 18.2. The molecule has 26 heavy (non-hydrogen) atoms. The Morgan fingerprint density at radius 1 is 1.12 bits per heavy atom. The molecule has 3 aromatic rings. The van der Waals surface area contributed by atoms with E-state index in [1.54, 1.807) is 6.07 Å². The summed E-state index contributed by atoms with van der Waals surface area (Å²) in [5.74, 6) is -0.0228. The highest BCUT2D eigenvalue weighted by molar-refractivity contribution is 9.10. The number of hydrogen-bond acceptors (Lipinski definition) is 3. The van der Waals surface area contributed by atoms with E-state index in [2.05, 4.69) is 26.6 Å². The molecule has 6 heteroatoms. The number of hydrogen-bond donors (Lipinski definition) is 2. The maximum absolute atomic E-state index is 12.3. The van der Waals surface area contributed by atoms with Gasteiger partial charge >= 0.3 is 0 Å². The molecule has 5 nitrogen and oxygen atoms in total. The average molecular weight is 415 g/mol. The van der Waals surface area contributed by atoms with Gasteiger partial charge in [0.05, 0.1) is 0 Å². The van der Waals surface area contributed by atoms with Gasteiger partial charge in [0, 0.05) is 28.5 Å². The smallest absolute Gasteiger partial charge is 0.287 e. The number of halogens is 1. The number of furan rings is 1. The Bertz CT molecular complexity index is 949. The van der Waals surface area contributed by atoms with Crippen molar-refractivity contribution in [2.45, 2.75) is 26.3 Å². The summed E-state index contributed by atoms with van der Waals surface area (Å²) in [6.45, 7) is 2.30. The zero-order valence-corrected chi connectivity index (χ0v) is 15.9. The summed E-state index contributed by atoms with van der Waals surface area (Å²) in [6, 6.07) is 14.7. The Labute approximate surface area is 159 Å². The highest BCUT2D eigenvalue weighted by atomic mass is 79.9. The van der Waals surface area contributed by atoms with E-state index in [0.29, 0.717) is 18.5 Å². The van der Waals surface area contributed by atoms with Crippen LogP contribution in [0.3, 0.4) is 0 Å².